The van der Waals surface area contributed by atoms with Crippen molar-refractivity contribution in [2.24, 2.45) is 0 Å². The van der Waals surface area contributed by atoms with Crippen LogP contribution in [0.25, 0.3) is 11.3 Å². The number of carbonyl (C=O) groups excluding carboxylic acids is 1. The SMILES string of the molecule is CSc1nc(Cc2ccc(-c3ccc(C(C)(C)C)cc3)nc2)nc(C(=O)OC(C)(C)C)c1OCc1ccccc1. The summed E-state index contributed by atoms with van der Waals surface area (Å²) in [5, 5.41) is 0.588. The zero-order chi connectivity index (χ0) is 28.9. The minimum absolute atomic E-state index is 0.103. The van der Waals surface area contributed by atoms with Crippen LogP contribution in [0.1, 0.15) is 74.5 Å². The largest absolute Gasteiger partial charge is 0.484 e. The van der Waals surface area contributed by atoms with Gasteiger partial charge in [0.2, 0.25) is 0 Å². The summed E-state index contributed by atoms with van der Waals surface area (Å²) in [5.41, 5.74) is 4.72. The van der Waals surface area contributed by atoms with Gasteiger partial charge in [-0.15, -0.1) is 11.8 Å². The number of benzene rings is 2. The van der Waals surface area contributed by atoms with Crippen LogP contribution in [0.2, 0.25) is 0 Å². The van der Waals surface area contributed by atoms with Gasteiger partial charge in [0, 0.05) is 18.2 Å². The standard InChI is InChI=1S/C33H37N3O3S/c1-32(2,3)25-16-14-24(15-17-25)26-18-13-23(20-34-26)19-27-35-28(31(37)39-33(4,5)6)29(30(36-27)40-7)38-21-22-11-9-8-10-12-22/h8-18,20H,19,21H2,1-7H3. The van der Waals surface area contributed by atoms with E-state index in [9.17, 15) is 4.79 Å². The van der Waals surface area contributed by atoms with Crippen LogP contribution in [0.4, 0.5) is 0 Å². The molecule has 2 aromatic carbocycles. The van der Waals surface area contributed by atoms with Gasteiger partial charge in [0.1, 0.15) is 23.1 Å². The van der Waals surface area contributed by atoms with Gasteiger partial charge in [-0.05, 0) is 55.2 Å². The Balaban J connectivity index is 1.60. The zero-order valence-corrected chi connectivity index (χ0v) is 25.1. The number of hydrogen-bond donors (Lipinski definition) is 0. The van der Waals surface area contributed by atoms with Crippen molar-refractivity contribution in [3.8, 4) is 17.0 Å². The Labute approximate surface area is 241 Å². The number of esters is 1. The van der Waals surface area contributed by atoms with Crippen LogP contribution in [-0.2, 0) is 23.2 Å². The van der Waals surface area contributed by atoms with Crippen molar-refractivity contribution in [1.29, 1.82) is 0 Å². The predicted octanol–water partition coefficient (Wildman–Crippen LogP) is 7.68. The highest BCUT2D eigenvalue weighted by atomic mass is 32.2. The molecule has 0 spiro atoms. The summed E-state index contributed by atoms with van der Waals surface area (Å²) >= 11 is 1.41. The minimum Gasteiger partial charge on any atom is -0.484 e. The topological polar surface area (TPSA) is 74.2 Å². The van der Waals surface area contributed by atoms with E-state index >= 15 is 0 Å². The molecule has 208 valence electrons. The molecule has 2 aromatic heterocycles. The molecule has 0 aliphatic carbocycles. The van der Waals surface area contributed by atoms with Crippen LogP contribution in [0.5, 0.6) is 5.75 Å². The smallest absolute Gasteiger partial charge is 0.361 e. The Hall–Kier alpha value is -3.71. The molecule has 40 heavy (non-hydrogen) atoms. The highest BCUT2D eigenvalue weighted by Crippen LogP contribution is 2.32. The third-order valence-corrected chi connectivity index (χ3v) is 6.79. The summed E-state index contributed by atoms with van der Waals surface area (Å²) < 4.78 is 11.8. The van der Waals surface area contributed by atoms with Gasteiger partial charge in [-0.1, -0.05) is 81.4 Å². The van der Waals surface area contributed by atoms with Gasteiger partial charge in [-0.3, -0.25) is 4.98 Å². The van der Waals surface area contributed by atoms with Crippen molar-refractivity contribution < 1.29 is 14.3 Å². The van der Waals surface area contributed by atoms with Crippen LogP contribution in [0, 0.1) is 0 Å². The third kappa shape index (κ3) is 7.69. The van der Waals surface area contributed by atoms with E-state index in [2.05, 4.69) is 55.0 Å². The molecule has 0 unspecified atom stereocenters. The summed E-state index contributed by atoms with van der Waals surface area (Å²) in [6.45, 7) is 12.4. The van der Waals surface area contributed by atoms with Crippen molar-refractivity contribution in [2.75, 3.05) is 6.26 Å². The molecule has 0 saturated carbocycles. The van der Waals surface area contributed by atoms with Gasteiger partial charge in [0.15, 0.2) is 11.4 Å². The maximum Gasteiger partial charge on any atom is 0.361 e. The molecule has 0 N–H and O–H groups in total. The summed E-state index contributed by atoms with van der Waals surface area (Å²) in [6, 6.07) is 22.3. The number of rotatable bonds is 8. The Kier molecular flexibility index (Phi) is 8.94. The molecular weight excluding hydrogens is 518 g/mol. The van der Waals surface area contributed by atoms with Crippen LogP contribution in [0.15, 0.2) is 78.0 Å². The molecule has 0 saturated heterocycles. The Bertz CT molecular complexity index is 1440. The van der Waals surface area contributed by atoms with Crippen LogP contribution in [-0.4, -0.2) is 32.8 Å². The molecule has 0 aliphatic heterocycles. The Morgan fingerprint density at radius 1 is 0.850 bits per heavy atom. The number of pyridine rings is 1. The van der Waals surface area contributed by atoms with E-state index in [0.29, 0.717) is 23.0 Å². The van der Waals surface area contributed by atoms with Crippen molar-refractivity contribution in [3.05, 3.63) is 101 Å². The van der Waals surface area contributed by atoms with Gasteiger partial charge in [-0.25, -0.2) is 14.8 Å². The van der Waals surface area contributed by atoms with Crippen molar-refractivity contribution in [2.45, 2.75) is 70.6 Å². The van der Waals surface area contributed by atoms with E-state index in [-0.39, 0.29) is 17.7 Å². The monoisotopic (exact) mass is 555 g/mol. The summed E-state index contributed by atoms with van der Waals surface area (Å²) in [7, 11) is 0. The zero-order valence-electron chi connectivity index (χ0n) is 24.3. The number of nitrogens with zero attached hydrogens (tertiary/aromatic N) is 3. The second-order valence-corrected chi connectivity index (χ2v) is 12.5. The van der Waals surface area contributed by atoms with E-state index in [1.807, 2.05) is 75.7 Å². The quantitative estimate of drug-likeness (QED) is 0.125. The van der Waals surface area contributed by atoms with Gasteiger partial charge in [0.25, 0.3) is 0 Å². The highest BCUT2D eigenvalue weighted by Gasteiger charge is 2.27. The highest BCUT2D eigenvalue weighted by molar-refractivity contribution is 7.98. The molecule has 0 aliphatic rings. The first kappa shape index (κ1) is 29.3. The third-order valence-electron chi connectivity index (χ3n) is 6.13. The van der Waals surface area contributed by atoms with E-state index < -0.39 is 11.6 Å². The average molecular weight is 556 g/mol. The van der Waals surface area contributed by atoms with Crippen LogP contribution in [0.3, 0.4) is 0 Å². The molecule has 0 radical (unpaired) electrons. The Morgan fingerprint density at radius 2 is 1.55 bits per heavy atom. The second-order valence-electron chi connectivity index (χ2n) is 11.7. The maximum absolute atomic E-state index is 13.2. The van der Waals surface area contributed by atoms with E-state index in [1.54, 1.807) is 0 Å². The number of ether oxygens (including phenoxy) is 2. The van der Waals surface area contributed by atoms with Crippen LogP contribution < -0.4 is 4.74 Å². The molecule has 2 heterocycles. The number of hydrogen-bond acceptors (Lipinski definition) is 7. The first-order chi connectivity index (χ1) is 18.9. The van der Waals surface area contributed by atoms with Gasteiger partial charge < -0.3 is 9.47 Å². The van der Waals surface area contributed by atoms with Crippen LogP contribution >= 0.6 is 11.8 Å². The molecule has 0 bridgehead atoms. The summed E-state index contributed by atoms with van der Waals surface area (Å²) in [6.07, 6.45) is 4.16. The van der Waals surface area contributed by atoms with E-state index in [4.69, 9.17) is 14.5 Å². The lowest BCUT2D eigenvalue weighted by atomic mass is 9.86. The number of aromatic nitrogens is 3. The molecule has 0 atom stereocenters. The molecule has 0 amide bonds. The second kappa shape index (κ2) is 12.2. The lowest BCUT2D eigenvalue weighted by Gasteiger charge is -2.21. The lowest BCUT2D eigenvalue weighted by molar-refractivity contribution is 0.00567. The van der Waals surface area contributed by atoms with E-state index in [0.717, 1.165) is 22.4 Å². The van der Waals surface area contributed by atoms with Crippen molar-refractivity contribution >= 4 is 17.7 Å². The molecular formula is C33H37N3O3S. The number of thioether (sulfide) groups is 1. The molecule has 6 nitrogen and oxygen atoms in total. The molecule has 4 aromatic rings. The van der Waals surface area contributed by atoms with Crippen molar-refractivity contribution in [3.63, 3.8) is 0 Å². The minimum atomic E-state index is -0.677. The van der Waals surface area contributed by atoms with Gasteiger partial charge in [0.05, 0.1) is 5.69 Å². The fourth-order valence-electron chi connectivity index (χ4n) is 4.04. The van der Waals surface area contributed by atoms with Gasteiger partial charge >= 0.3 is 5.97 Å². The molecule has 7 heteroatoms. The van der Waals surface area contributed by atoms with E-state index in [1.165, 1.54) is 17.3 Å². The molecule has 4 rings (SSSR count). The lowest BCUT2D eigenvalue weighted by Crippen LogP contribution is -2.25. The van der Waals surface area contributed by atoms with Gasteiger partial charge in [-0.2, -0.15) is 0 Å². The normalized spacial score (nSPS) is 11.8. The fourth-order valence-corrected chi connectivity index (χ4v) is 4.58. The average Bonchev–Trinajstić information content (AvgIpc) is 2.91. The summed E-state index contributed by atoms with van der Waals surface area (Å²) in [4.78, 5) is 27.3. The number of carbonyl (C=O) groups is 1. The maximum atomic E-state index is 13.2. The first-order valence-electron chi connectivity index (χ1n) is 13.3. The Morgan fingerprint density at radius 3 is 2.12 bits per heavy atom. The molecule has 0 fully saturated rings. The summed E-state index contributed by atoms with van der Waals surface area (Å²) in [5.74, 6) is 0.296. The fraction of sp³-hybridized carbons (Fsp3) is 0.333. The van der Waals surface area contributed by atoms with Crippen molar-refractivity contribution in [1.82, 2.24) is 15.0 Å². The first-order valence-corrected chi connectivity index (χ1v) is 14.6. The predicted molar refractivity (Wildman–Crippen MR) is 161 cm³/mol.